The van der Waals surface area contributed by atoms with E-state index >= 15 is 0 Å². The fraction of sp³-hybridized carbons (Fsp3) is 0.538. The van der Waals surface area contributed by atoms with Crippen molar-refractivity contribution in [3.8, 4) is 5.75 Å². The third-order valence-electron chi connectivity index (χ3n) is 3.77. The Kier molecular flexibility index (Phi) is 5.10. The molecule has 96 valence electrons. The summed E-state index contributed by atoms with van der Waals surface area (Å²) in [6.07, 6.45) is 5.12. The first-order valence-electron chi connectivity index (χ1n) is 5.79. The van der Waals surface area contributed by atoms with Crippen molar-refractivity contribution in [1.29, 1.82) is 0 Å². The lowest BCUT2D eigenvalue weighted by Crippen LogP contribution is -2.17. The molecule has 0 amide bonds. The Morgan fingerprint density at radius 3 is 2.47 bits per heavy atom. The van der Waals surface area contributed by atoms with Crippen molar-refractivity contribution >= 4 is 35.0 Å². The van der Waals surface area contributed by atoms with Gasteiger partial charge in [-0.1, -0.05) is 25.8 Å². The van der Waals surface area contributed by atoms with E-state index in [4.69, 9.17) is 5.73 Å². The quantitative estimate of drug-likeness (QED) is 0.783. The lowest BCUT2D eigenvalue weighted by molar-refractivity contribution is 0.458. The second kappa shape index (κ2) is 5.76. The number of hydrogen-bond donors (Lipinski definition) is 2. The zero-order valence-electron chi connectivity index (χ0n) is 10.0. The monoisotopic (exact) mass is 367 g/mol. The van der Waals surface area contributed by atoms with E-state index in [9.17, 15) is 5.11 Å². The highest BCUT2D eigenvalue weighted by Crippen LogP contribution is 2.42. The summed E-state index contributed by atoms with van der Waals surface area (Å²) in [5, 5.41) is 9.86. The molecule has 4 heteroatoms. The van der Waals surface area contributed by atoms with Gasteiger partial charge in [0.2, 0.25) is 0 Å². The van der Waals surface area contributed by atoms with Gasteiger partial charge in [0.1, 0.15) is 5.75 Å². The Hall–Kier alpha value is -0.0000000000000000555. The van der Waals surface area contributed by atoms with Crippen LogP contribution in [0, 0.1) is 3.57 Å². The number of phenolic OH excluding ortho intramolecular Hbond substituents is 1. The normalized spacial score (nSPS) is 17.8. The van der Waals surface area contributed by atoms with Crippen molar-refractivity contribution in [3.05, 3.63) is 26.8 Å². The van der Waals surface area contributed by atoms with E-state index in [1.807, 2.05) is 0 Å². The van der Waals surface area contributed by atoms with Crippen molar-refractivity contribution in [2.45, 2.75) is 44.6 Å². The Morgan fingerprint density at radius 2 is 1.94 bits per heavy atom. The van der Waals surface area contributed by atoms with Crippen LogP contribution in [0.15, 0.2) is 12.1 Å². The van der Waals surface area contributed by atoms with E-state index in [1.54, 1.807) is 0 Å². The second-order valence-corrected chi connectivity index (χ2v) is 6.10. The molecule has 1 aliphatic carbocycles. The first kappa shape index (κ1) is 15.1. The molecule has 2 rings (SSSR count). The standard InChI is InChI=1S/C13H18INO.ClH/c1-13(4-2-3-5-13)10-6-9(8-15)12(16)11(14)7-10;/h6-7,16H,2-5,8,15H2,1H3;1H. The predicted octanol–water partition coefficient (Wildman–Crippen LogP) is 3.71. The molecule has 0 bridgehead atoms. The molecule has 2 nitrogen and oxygen atoms in total. The van der Waals surface area contributed by atoms with E-state index in [1.165, 1.54) is 31.2 Å². The molecule has 0 unspecified atom stereocenters. The van der Waals surface area contributed by atoms with Crippen molar-refractivity contribution in [2.24, 2.45) is 5.73 Å². The molecule has 0 heterocycles. The summed E-state index contributed by atoms with van der Waals surface area (Å²) in [6.45, 7) is 2.73. The molecule has 1 aromatic carbocycles. The van der Waals surface area contributed by atoms with Crippen LogP contribution in [0.25, 0.3) is 0 Å². The third-order valence-corrected chi connectivity index (χ3v) is 4.59. The van der Waals surface area contributed by atoms with Gasteiger partial charge >= 0.3 is 0 Å². The topological polar surface area (TPSA) is 46.2 Å². The molecule has 3 N–H and O–H groups in total. The lowest BCUT2D eigenvalue weighted by atomic mass is 9.80. The van der Waals surface area contributed by atoms with Gasteiger partial charge in [-0.15, -0.1) is 12.4 Å². The number of hydrogen-bond acceptors (Lipinski definition) is 2. The molecule has 0 saturated heterocycles. The van der Waals surface area contributed by atoms with Gasteiger partial charge in [-0.25, -0.2) is 0 Å². The van der Waals surface area contributed by atoms with E-state index in [0.717, 1.165) is 9.13 Å². The maximum Gasteiger partial charge on any atom is 0.133 e. The Labute approximate surface area is 123 Å². The van der Waals surface area contributed by atoms with Gasteiger partial charge in [0.05, 0.1) is 3.57 Å². The van der Waals surface area contributed by atoms with Gasteiger partial charge in [-0.05, 0) is 52.5 Å². The Morgan fingerprint density at radius 1 is 1.35 bits per heavy atom. The van der Waals surface area contributed by atoms with Crippen LogP contribution in [-0.2, 0) is 12.0 Å². The molecular weight excluding hydrogens is 349 g/mol. The van der Waals surface area contributed by atoms with Crippen LogP contribution in [0.5, 0.6) is 5.75 Å². The number of nitrogens with two attached hydrogens (primary N) is 1. The van der Waals surface area contributed by atoms with E-state index in [0.29, 0.717) is 12.3 Å². The molecule has 0 aliphatic heterocycles. The predicted molar refractivity (Wildman–Crippen MR) is 81.8 cm³/mol. The van der Waals surface area contributed by atoms with Crippen molar-refractivity contribution in [1.82, 2.24) is 0 Å². The van der Waals surface area contributed by atoms with Crippen LogP contribution in [0.1, 0.15) is 43.7 Å². The fourth-order valence-corrected chi connectivity index (χ4v) is 3.29. The van der Waals surface area contributed by atoms with Gasteiger partial charge in [-0.3, -0.25) is 0 Å². The number of aromatic hydroxyl groups is 1. The largest absolute Gasteiger partial charge is 0.507 e. The zero-order valence-corrected chi connectivity index (χ0v) is 13.0. The molecule has 0 spiro atoms. The highest BCUT2D eigenvalue weighted by molar-refractivity contribution is 14.1. The molecule has 1 aromatic rings. The first-order valence-corrected chi connectivity index (χ1v) is 6.86. The summed E-state index contributed by atoms with van der Waals surface area (Å²) < 4.78 is 0.920. The minimum atomic E-state index is 0. The minimum Gasteiger partial charge on any atom is -0.507 e. The third kappa shape index (κ3) is 2.88. The number of halogens is 2. The maximum atomic E-state index is 9.86. The van der Waals surface area contributed by atoms with Gasteiger partial charge in [0, 0.05) is 12.1 Å². The lowest BCUT2D eigenvalue weighted by Gasteiger charge is -2.25. The summed E-state index contributed by atoms with van der Waals surface area (Å²) in [5.41, 5.74) is 8.17. The van der Waals surface area contributed by atoms with E-state index < -0.39 is 0 Å². The Bertz CT molecular complexity index is 403. The summed E-state index contributed by atoms with van der Waals surface area (Å²) in [6, 6.07) is 4.20. The number of phenols is 1. The number of rotatable bonds is 2. The SMILES string of the molecule is CC1(c2cc(I)c(O)c(CN)c2)CCCC1.Cl. The zero-order chi connectivity index (χ0) is 11.8. The molecule has 1 saturated carbocycles. The molecular formula is C13H19ClINO. The van der Waals surface area contributed by atoms with Crippen LogP contribution in [-0.4, -0.2) is 5.11 Å². The van der Waals surface area contributed by atoms with Crippen molar-refractivity contribution < 1.29 is 5.11 Å². The fourth-order valence-electron chi connectivity index (χ4n) is 2.60. The van der Waals surface area contributed by atoms with Crippen LogP contribution < -0.4 is 5.73 Å². The summed E-state index contributed by atoms with van der Waals surface area (Å²) in [5.74, 6) is 0.355. The van der Waals surface area contributed by atoms with Gasteiger partial charge in [0.15, 0.2) is 0 Å². The average Bonchev–Trinajstić information content (AvgIpc) is 2.70. The second-order valence-electron chi connectivity index (χ2n) is 4.94. The molecule has 1 aliphatic rings. The Balaban J connectivity index is 0.00000144. The van der Waals surface area contributed by atoms with Crippen molar-refractivity contribution in [3.63, 3.8) is 0 Å². The first-order chi connectivity index (χ1) is 7.57. The summed E-state index contributed by atoms with van der Waals surface area (Å²) in [4.78, 5) is 0. The highest BCUT2D eigenvalue weighted by Gasteiger charge is 2.31. The van der Waals surface area contributed by atoms with Crippen molar-refractivity contribution in [2.75, 3.05) is 0 Å². The van der Waals surface area contributed by atoms with Gasteiger partial charge in [-0.2, -0.15) is 0 Å². The van der Waals surface area contributed by atoms with Gasteiger partial charge in [0.25, 0.3) is 0 Å². The average molecular weight is 368 g/mol. The van der Waals surface area contributed by atoms with E-state index in [-0.39, 0.29) is 17.8 Å². The van der Waals surface area contributed by atoms with Gasteiger partial charge < -0.3 is 10.8 Å². The van der Waals surface area contributed by atoms with E-state index in [2.05, 4.69) is 41.6 Å². The minimum absolute atomic E-state index is 0. The van der Waals surface area contributed by atoms with Crippen LogP contribution >= 0.6 is 35.0 Å². The molecule has 0 atom stereocenters. The summed E-state index contributed by atoms with van der Waals surface area (Å²) >= 11 is 2.19. The smallest absolute Gasteiger partial charge is 0.133 e. The molecule has 0 radical (unpaired) electrons. The molecule has 0 aromatic heterocycles. The highest BCUT2D eigenvalue weighted by atomic mass is 127. The number of benzene rings is 1. The van der Waals surface area contributed by atoms with Crippen LogP contribution in [0.4, 0.5) is 0 Å². The molecule has 17 heavy (non-hydrogen) atoms. The van der Waals surface area contributed by atoms with Crippen LogP contribution in [0.2, 0.25) is 0 Å². The summed E-state index contributed by atoms with van der Waals surface area (Å²) in [7, 11) is 0. The van der Waals surface area contributed by atoms with Crippen LogP contribution in [0.3, 0.4) is 0 Å². The molecule has 1 fully saturated rings. The maximum absolute atomic E-state index is 9.86.